The van der Waals surface area contributed by atoms with Gasteiger partial charge in [-0.05, 0) is 37.0 Å². The van der Waals surface area contributed by atoms with Gasteiger partial charge in [0.05, 0.1) is 0 Å². The van der Waals surface area contributed by atoms with Crippen LogP contribution in [-0.2, 0) is 9.05 Å². The molecule has 0 aromatic heterocycles. The largest absolute Gasteiger partial charge is 0.352 e. The number of rotatable bonds is 6. The molecule has 1 N–H and O–H groups in total. The van der Waals surface area contributed by atoms with E-state index < -0.39 is 25.7 Å². The van der Waals surface area contributed by atoms with Crippen LogP contribution >= 0.6 is 10.7 Å². The van der Waals surface area contributed by atoms with Gasteiger partial charge in [-0.1, -0.05) is 12.8 Å². The third-order valence-electron chi connectivity index (χ3n) is 3.23. The highest BCUT2D eigenvalue weighted by Gasteiger charge is 2.21. The van der Waals surface area contributed by atoms with Crippen LogP contribution in [0.2, 0.25) is 0 Å². The summed E-state index contributed by atoms with van der Waals surface area (Å²) >= 11 is 0. The summed E-state index contributed by atoms with van der Waals surface area (Å²) < 4.78 is 35.7. The molecule has 20 heavy (non-hydrogen) atoms. The maximum absolute atomic E-state index is 13.3. The van der Waals surface area contributed by atoms with Crippen LogP contribution in [0.15, 0.2) is 23.1 Å². The Balaban J connectivity index is 1.98. The first-order chi connectivity index (χ1) is 9.38. The van der Waals surface area contributed by atoms with Crippen LogP contribution < -0.4 is 5.32 Å². The molecule has 110 valence electrons. The molecule has 0 unspecified atom stereocenters. The fourth-order valence-electron chi connectivity index (χ4n) is 1.93. The van der Waals surface area contributed by atoms with Crippen LogP contribution in [0.25, 0.3) is 0 Å². The molecule has 0 heterocycles. The molecule has 4 nitrogen and oxygen atoms in total. The standard InChI is InChI=1S/C13H15ClFNO3S/c14-20(18,19)12-8-10(5-6-11(12)15)13(17)16-7-1-2-9-3-4-9/h5-6,8-9H,1-4,7H2,(H,16,17). The zero-order valence-electron chi connectivity index (χ0n) is 10.7. The van der Waals surface area contributed by atoms with Gasteiger partial charge in [0.2, 0.25) is 0 Å². The second-order valence-electron chi connectivity index (χ2n) is 4.92. The highest BCUT2D eigenvalue weighted by Crippen LogP contribution is 2.33. The van der Waals surface area contributed by atoms with Crippen molar-refractivity contribution in [3.8, 4) is 0 Å². The smallest absolute Gasteiger partial charge is 0.264 e. The quantitative estimate of drug-likeness (QED) is 0.647. The Labute approximate surface area is 121 Å². The van der Waals surface area contributed by atoms with Crippen molar-refractivity contribution >= 4 is 25.6 Å². The molecule has 1 aliphatic carbocycles. The van der Waals surface area contributed by atoms with E-state index in [0.717, 1.165) is 30.9 Å². The van der Waals surface area contributed by atoms with Gasteiger partial charge in [-0.25, -0.2) is 12.8 Å². The SMILES string of the molecule is O=C(NCCCC1CC1)c1ccc(F)c(S(=O)(=O)Cl)c1. The van der Waals surface area contributed by atoms with Crippen LogP contribution in [-0.4, -0.2) is 20.9 Å². The van der Waals surface area contributed by atoms with Gasteiger partial charge in [-0.2, -0.15) is 0 Å². The van der Waals surface area contributed by atoms with Crippen LogP contribution in [0.1, 0.15) is 36.0 Å². The van der Waals surface area contributed by atoms with E-state index in [4.69, 9.17) is 10.7 Å². The number of hydrogen-bond acceptors (Lipinski definition) is 3. The lowest BCUT2D eigenvalue weighted by molar-refractivity contribution is 0.0952. The second kappa shape index (κ2) is 6.10. The van der Waals surface area contributed by atoms with Crippen molar-refractivity contribution in [2.24, 2.45) is 5.92 Å². The summed E-state index contributed by atoms with van der Waals surface area (Å²) in [4.78, 5) is 11.1. The number of carbonyl (C=O) groups is 1. The molecule has 2 rings (SSSR count). The molecule has 0 aliphatic heterocycles. The van der Waals surface area contributed by atoms with Crippen LogP contribution in [0.4, 0.5) is 4.39 Å². The lowest BCUT2D eigenvalue weighted by Gasteiger charge is -2.06. The first kappa shape index (κ1) is 15.3. The van der Waals surface area contributed by atoms with Crippen molar-refractivity contribution in [2.75, 3.05) is 6.54 Å². The predicted molar refractivity (Wildman–Crippen MR) is 73.7 cm³/mol. The minimum atomic E-state index is -4.20. The summed E-state index contributed by atoms with van der Waals surface area (Å²) in [6.45, 7) is 0.523. The summed E-state index contributed by atoms with van der Waals surface area (Å²) in [7, 11) is 0.909. The number of benzene rings is 1. The summed E-state index contributed by atoms with van der Waals surface area (Å²) in [6, 6.07) is 3.11. The molecule has 1 aromatic rings. The lowest BCUT2D eigenvalue weighted by atomic mass is 10.2. The van der Waals surface area contributed by atoms with Crippen molar-refractivity contribution < 1.29 is 17.6 Å². The molecule has 0 atom stereocenters. The van der Waals surface area contributed by atoms with Gasteiger partial charge >= 0.3 is 0 Å². The Bertz CT molecular complexity index is 614. The topological polar surface area (TPSA) is 63.2 Å². The molecular weight excluding hydrogens is 305 g/mol. The zero-order chi connectivity index (χ0) is 14.8. The van der Waals surface area contributed by atoms with E-state index in [1.807, 2.05) is 0 Å². The predicted octanol–water partition coefficient (Wildman–Crippen LogP) is 2.67. The van der Waals surface area contributed by atoms with E-state index in [1.54, 1.807) is 0 Å². The second-order valence-corrected chi connectivity index (χ2v) is 7.46. The van der Waals surface area contributed by atoms with Gasteiger partial charge in [-0.15, -0.1) is 0 Å². The normalized spacial score (nSPS) is 15.1. The lowest BCUT2D eigenvalue weighted by Crippen LogP contribution is -2.24. The minimum absolute atomic E-state index is 0.0806. The van der Waals surface area contributed by atoms with E-state index in [1.165, 1.54) is 18.9 Å². The van der Waals surface area contributed by atoms with Gasteiger partial charge < -0.3 is 5.32 Å². The molecule has 7 heteroatoms. The highest BCUT2D eigenvalue weighted by atomic mass is 35.7. The summed E-state index contributed by atoms with van der Waals surface area (Å²) in [6.07, 6.45) is 4.51. The molecule has 1 aromatic carbocycles. The Morgan fingerprint density at radius 1 is 1.40 bits per heavy atom. The summed E-state index contributed by atoms with van der Waals surface area (Å²) in [5.41, 5.74) is 0.0806. The van der Waals surface area contributed by atoms with Gasteiger partial charge in [0.15, 0.2) is 0 Å². The molecule has 0 spiro atoms. The average Bonchev–Trinajstić information content (AvgIpc) is 3.17. The van der Waals surface area contributed by atoms with Gasteiger partial charge in [0, 0.05) is 22.8 Å². The third kappa shape index (κ3) is 4.18. The molecule has 1 fully saturated rings. The first-order valence-corrected chi connectivity index (χ1v) is 8.71. The third-order valence-corrected chi connectivity index (χ3v) is 4.56. The molecule has 0 saturated heterocycles. The van der Waals surface area contributed by atoms with Gasteiger partial charge in [0.25, 0.3) is 15.0 Å². The van der Waals surface area contributed by atoms with Crippen molar-refractivity contribution in [3.63, 3.8) is 0 Å². The Kier molecular flexibility index (Phi) is 4.65. The number of carbonyl (C=O) groups excluding carboxylic acids is 1. The number of amides is 1. The average molecular weight is 320 g/mol. The van der Waals surface area contributed by atoms with E-state index in [-0.39, 0.29) is 5.56 Å². The zero-order valence-corrected chi connectivity index (χ0v) is 12.3. The van der Waals surface area contributed by atoms with Crippen LogP contribution in [0, 0.1) is 11.7 Å². The molecule has 0 radical (unpaired) electrons. The monoisotopic (exact) mass is 319 g/mol. The van der Waals surface area contributed by atoms with Crippen LogP contribution in [0.3, 0.4) is 0 Å². The summed E-state index contributed by atoms with van der Waals surface area (Å²) in [5, 5.41) is 2.68. The molecule has 1 saturated carbocycles. The highest BCUT2D eigenvalue weighted by molar-refractivity contribution is 8.13. The number of halogens is 2. The maximum Gasteiger partial charge on any atom is 0.264 e. The van der Waals surface area contributed by atoms with Gasteiger partial charge in [0.1, 0.15) is 10.7 Å². The fourth-order valence-corrected chi connectivity index (χ4v) is 2.86. The first-order valence-electron chi connectivity index (χ1n) is 6.40. The number of nitrogens with one attached hydrogen (secondary N) is 1. The van der Waals surface area contributed by atoms with Crippen molar-refractivity contribution in [2.45, 2.75) is 30.6 Å². The Morgan fingerprint density at radius 2 is 2.10 bits per heavy atom. The molecular formula is C13H15ClFNO3S. The Hall–Kier alpha value is -1.14. The molecule has 1 aliphatic rings. The Morgan fingerprint density at radius 3 is 2.70 bits per heavy atom. The van der Waals surface area contributed by atoms with Crippen LogP contribution in [0.5, 0.6) is 0 Å². The van der Waals surface area contributed by atoms with E-state index in [0.29, 0.717) is 6.54 Å². The maximum atomic E-state index is 13.3. The molecule has 0 bridgehead atoms. The van der Waals surface area contributed by atoms with Crippen molar-refractivity contribution in [1.82, 2.24) is 5.32 Å². The summed E-state index contributed by atoms with van der Waals surface area (Å²) in [5.74, 6) is -0.599. The number of hydrogen-bond donors (Lipinski definition) is 1. The van der Waals surface area contributed by atoms with E-state index in [9.17, 15) is 17.6 Å². The van der Waals surface area contributed by atoms with Crippen molar-refractivity contribution in [3.05, 3.63) is 29.6 Å². The minimum Gasteiger partial charge on any atom is -0.352 e. The molecule has 1 amide bonds. The van der Waals surface area contributed by atoms with Gasteiger partial charge in [-0.3, -0.25) is 4.79 Å². The fraction of sp³-hybridized carbons (Fsp3) is 0.462. The van der Waals surface area contributed by atoms with Crippen molar-refractivity contribution in [1.29, 1.82) is 0 Å². The van der Waals surface area contributed by atoms with E-state index in [2.05, 4.69) is 5.32 Å². The van der Waals surface area contributed by atoms with E-state index >= 15 is 0 Å².